The van der Waals surface area contributed by atoms with Gasteiger partial charge < -0.3 is 10.2 Å². The van der Waals surface area contributed by atoms with E-state index >= 15 is 0 Å². The van der Waals surface area contributed by atoms with Crippen LogP contribution in [0.4, 0.5) is 0 Å². The Balaban J connectivity index is 1.62. The zero-order valence-electron chi connectivity index (χ0n) is 22.3. The summed E-state index contributed by atoms with van der Waals surface area (Å²) in [6.07, 6.45) is 11.2. The number of carbonyl (C=O) groups is 1. The quantitative estimate of drug-likeness (QED) is 0.405. The van der Waals surface area contributed by atoms with E-state index in [-0.39, 0.29) is 33.2 Å². The Bertz CT molecular complexity index is 898. The lowest BCUT2D eigenvalue weighted by atomic mass is 9.34. The van der Waals surface area contributed by atoms with Crippen molar-refractivity contribution in [2.45, 2.75) is 125 Å². The van der Waals surface area contributed by atoms with Crippen molar-refractivity contribution in [3.8, 4) is 0 Å². The van der Waals surface area contributed by atoms with Crippen molar-refractivity contribution in [2.75, 3.05) is 0 Å². The summed E-state index contributed by atoms with van der Waals surface area (Å²) in [5, 5.41) is 21.4. The molecule has 5 aliphatic rings. The van der Waals surface area contributed by atoms with Crippen LogP contribution in [0.5, 0.6) is 0 Å². The second-order valence-electron chi connectivity index (χ2n) is 15.0. The standard InChI is InChI=1S/C30H48O3/c1-25(2)14-16-30(24(32)33)17-15-28(6)19(20(30)18-25)8-9-22-27(5)12-11-23(31)26(3,4)21(27)10-13-29(22,28)7/h21-23,31H,8-18H2,1-7H3,(H,32,33)/t21?,22?,23-,27-,28+,29+,30-/m0/s1. The van der Waals surface area contributed by atoms with E-state index < -0.39 is 11.4 Å². The van der Waals surface area contributed by atoms with E-state index in [2.05, 4.69) is 48.5 Å². The lowest BCUT2D eigenvalue weighted by Gasteiger charge is -2.71. The molecule has 33 heavy (non-hydrogen) atoms. The average molecular weight is 457 g/mol. The lowest BCUT2D eigenvalue weighted by Crippen LogP contribution is -2.64. The Morgan fingerprint density at radius 2 is 1.45 bits per heavy atom. The maximum absolute atomic E-state index is 12.7. The average Bonchev–Trinajstić information content (AvgIpc) is 2.71. The summed E-state index contributed by atoms with van der Waals surface area (Å²) in [6.45, 7) is 17.0. The molecule has 3 heteroatoms. The molecule has 0 aliphatic heterocycles. The molecule has 0 spiro atoms. The van der Waals surface area contributed by atoms with Gasteiger partial charge in [-0.1, -0.05) is 59.6 Å². The highest BCUT2D eigenvalue weighted by molar-refractivity contribution is 5.80. The van der Waals surface area contributed by atoms with Crippen molar-refractivity contribution in [1.29, 1.82) is 0 Å². The predicted molar refractivity (Wildman–Crippen MR) is 133 cm³/mol. The van der Waals surface area contributed by atoms with E-state index in [1.807, 2.05) is 0 Å². The van der Waals surface area contributed by atoms with Gasteiger partial charge in [-0.2, -0.15) is 0 Å². The summed E-state index contributed by atoms with van der Waals surface area (Å²) in [4.78, 5) is 12.7. The van der Waals surface area contributed by atoms with Gasteiger partial charge in [-0.05, 0) is 110 Å². The maximum atomic E-state index is 12.7. The summed E-state index contributed by atoms with van der Waals surface area (Å²) in [7, 11) is 0. The minimum Gasteiger partial charge on any atom is -0.481 e. The first-order chi connectivity index (χ1) is 15.1. The van der Waals surface area contributed by atoms with Gasteiger partial charge in [0.05, 0.1) is 11.5 Å². The van der Waals surface area contributed by atoms with E-state index in [9.17, 15) is 15.0 Å². The van der Waals surface area contributed by atoms with Crippen molar-refractivity contribution in [3.63, 3.8) is 0 Å². The van der Waals surface area contributed by atoms with Gasteiger partial charge in [-0.15, -0.1) is 0 Å². The van der Waals surface area contributed by atoms with Crippen LogP contribution in [-0.2, 0) is 4.79 Å². The molecule has 7 atom stereocenters. The molecule has 0 aromatic rings. The molecule has 5 aliphatic carbocycles. The van der Waals surface area contributed by atoms with Crippen molar-refractivity contribution in [3.05, 3.63) is 11.1 Å². The second kappa shape index (κ2) is 6.89. The Labute approximate surface area is 201 Å². The number of aliphatic hydroxyl groups is 1. The predicted octanol–water partition coefficient (Wildman–Crippen LogP) is 7.38. The number of aliphatic carboxylic acids is 1. The summed E-state index contributed by atoms with van der Waals surface area (Å²) < 4.78 is 0. The maximum Gasteiger partial charge on any atom is 0.313 e. The minimum atomic E-state index is -0.606. The molecule has 0 saturated heterocycles. The van der Waals surface area contributed by atoms with Crippen LogP contribution in [0.3, 0.4) is 0 Å². The first-order valence-corrected chi connectivity index (χ1v) is 13.8. The van der Waals surface area contributed by atoms with Gasteiger partial charge >= 0.3 is 5.97 Å². The van der Waals surface area contributed by atoms with Crippen LogP contribution in [0, 0.1) is 44.3 Å². The lowest BCUT2D eigenvalue weighted by molar-refractivity contribution is -0.205. The number of carboxylic acid groups (broad SMARTS) is 1. The number of allylic oxidation sites excluding steroid dienone is 1. The topological polar surface area (TPSA) is 57.5 Å². The largest absolute Gasteiger partial charge is 0.481 e. The molecule has 0 bridgehead atoms. The van der Waals surface area contributed by atoms with Crippen LogP contribution >= 0.6 is 0 Å². The van der Waals surface area contributed by atoms with Gasteiger partial charge in [0.15, 0.2) is 0 Å². The molecule has 3 nitrogen and oxygen atoms in total. The highest BCUT2D eigenvalue weighted by Crippen LogP contribution is 2.75. The fraction of sp³-hybridized carbons (Fsp3) is 0.900. The molecule has 2 N–H and O–H groups in total. The van der Waals surface area contributed by atoms with Crippen molar-refractivity contribution >= 4 is 5.97 Å². The molecule has 5 rings (SSSR count). The van der Waals surface area contributed by atoms with Crippen molar-refractivity contribution in [2.24, 2.45) is 44.3 Å². The Kier molecular flexibility index (Phi) is 4.99. The number of fused-ring (bicyclic) bond motifs is 6. The molecule has 0 heterocycles. The highest BCUT2D eigenvalue weighted by atomic mass is 16.4. The van der Waals surface area contributed by atoms with Crippen molar-refractivity contribution in [1.82, 2.24) is 0 Å². The molecule has 4 fully saturated rings. The first kappa shape index (κ1) is 23.9. The zero-order chi connectivity index (χ0) is 24.2. The van der Waals surface area contributed by atoms with Gasteiger partial charge in [0, 0.05) is 0 Å². The molecular formula is C30H48O3. The number of aliphatic hydroxyl groups excluding tert-OH is 1. The summed E-state index contributed by atoms with van der Waals surface area (Å²) in [6, 6.07) is 0. The van der Waals surface area contributed by atoms with Crippen LogP contribution in [0.1, 0.15) is 119 Å². The van der Waals surface area contributed by atoms with Crippen LogP contribution in [0.15, 0.2) is 11.1 Å². The number of hydrogen-bond donors (Lipinski definition) is 2. The Morgan fingerprint density at radius 1 is 0.788 bits per heavy atom. The molecule has 186 valence electrons. The van der Waals surface area contributed by atoms with E-state index in [4.69, 9.17) is 0 Å². The minimum absolute atomic E-state index is 0.0214. The molecule has 4 saturated carbocycles. The van der Waals surface area contributed by atoms with Crippen molar-refractivity contribution < 1.29 is 15.0 Å². The molecular weight excluding hydrogens is 408 g/mol. The Hall–Kier alpha value is -0.830. The molecule has 0 radical (unpaired) electrons. The van der Waals surface area contributed by atoms with E-state index in [1.54, 1.807) is 5.57 Å². The summed E-state index contributed by atoms with van der Waals surface area (Å²) in [5.41, 5.74) is 3.05. The van der Waals surface area contributed by atoms with Gasteiger partial charge in [-0.25, -0.2) is 0 Å². The highest BCUT2D eigenvalue weighted by Gasteiger charge is 2.68. The normalized spacial score (nSPS) is 50.5. The van der Waals surface area contributed by atoms with Gasteiger partial charge in [0.25, 0.3) is 0 Å². The SMILES string of the molecule is CC1(C)CC[C@]2(C(=O)O)CC[C@]3(C)C(=C2C1)CCC1[C@@]2(C)CC[C@H](O)C(C)(C)C2CC[C@]13C. The first-order valence-electron chi connectivity index (χ1n) is 13.8. The van der Waals surface area contributed by atoms with Gasteiger partial charge in [0.2, 0.25) is 0 Å². The van der Waals surface area contributed by atoms with Crippen LogP contribution in [-0.4, -0.2) is 22.3 Å². The third-order valence-electron chi connectivity index (χ3n) is 12.9. The Morgan fingerprint density at radius 3 is 2.12 bits per heavy atom. The number of carboxylic acids is 1. The van der Waals surface area contributed by atoms with Crippen LogP contribution in [0.25, 0.3) is 0 Å². The number of rotatable bonds is 1. The third kappa shape index (κ3) is 2.87. The fourth-order valence-corrected chi connectivity index (χ4v) is 10.6. The monoisotopic (exact) mass is 456 g/mol. The molecule has 2 unspecified atom stereocenters. The zero-order valence-corrected chi connectivity index (χ0v) is 22.3. The van der Waals surface area contributed by atoms with Gasteiger partial charge in [0.1, 0.15) is 0 Å². The molecule has 0 aromatic carbocycles. The van der Waals surface area contributed by atoms with E-state index in [0.29, 0.717) is 11.8 Å². The van der Waals surface area contributed by atoms with E-state index in [0.717, 1.165) is 51.4 Å². The van der Waals surface area contributed by atoms with Crippen LogP contribution < -0.4 is 0 Å². The van der Waals surface area contributed by atoms with Gasteiger partial charge in [-0.3, -0.25) is 4.79 Å². The second-order valence-corrected chi connectivity index (χ2v) is 15.0. The summed E-state index contributed by atoms with van der Waals surface area (Å²) in [5.74, 6) is 0.660. The smallest absolute Gasteiger partial charge is 0.313 e. The molecule has 0 amide bonds. The third-order valence-corrected chi connectivity index (χ3v) is 12.9. The fourth-order valence-electron chi connectivity index (χ4n) is 10.6. The van der Waals surface area contributed by atoms with E-state index in [1.165, 1.54) is 24.8 Å². The summed E-state index contributed by atoms with van der Waals surface area (Å²) >= 11 is 0. The molecule has 0 aromatic heterocycles. The number of hydrogen-bond acceptors (Lipinski definition) is 2. The van der Waals surface area contributed by atoms with Crippen LogP contribution in [0.2, 0.25) is 0 Å².